The Balaban J connectivity index is 1.82. The van der Waals surface area contributed by atoms with Gasteiger partial charge in [0.1, 0.15) is 0 Å². The molecule has 4 atom stereocenters. The van der Waals surface area contributed by atoms with Gasteiger partial charge in [-0.15, -0.1) is 0 Å². The summed E-state index contributed by atoms with van der Waals surface area (Å²) in [5.74, 6) is -0.825. The Hall–Kier alpha value is -1.30. The monoisotopic (exact) mass is 283 g/mol. The van der Waals surface area contributed by atoms with E-state index in [1.165, 1.54) is 0 Å². The van der Waals surface area contributed by atoms with Gasteiger partial charge in [-0.2, -0.15) is 0 Å². The molecule has 1 aliphatic carbocycles. The molecule has 1 saturated carbocycles. The number of hydrogen-bond acceptors (Lipinski definition) is 3. The van der Waals surface area contributed by atoms with Crippen LogP contribution in [0.1, 0.15) is 32.6 Å². The molecule has 114 valence electrons. The first-order valence-electron chi connectivity index (χ1n) is 7.45. The van der Waals surface area contributed by atoms with Gasteiger partial charge in [0.05, 0.1) is 5.92 Å². The zero-order chi connectivity index (χ0) is 14.7. The Bertz CT molecular complexity index is 375. The molecular formula is C14H25N3O3. The average Bonchev–Trinajstić information content (AvgIpc) is 2.81. The summed E-state index contributed by atoms with van der Waals surface area (Å²) in [5, 5.41) is 15.0. The first kappa shape index (κ1) is 15.1. The number of nitrogens with zero attached hydrogens (tertiary/aromatic N) is 1. The van der Waals surface area contributed by atoms with Crippen LogP contribution in [0.3, 0.4) is 0 Å². The molecule has 2 amide bonds. The van der Waals surface area contributed by atoms with E-state index in [0.29, 0.717) is 12.3 Å². The maximum absolute atomic E-state index is 12.0. The van der Waals surface area contributed by atoms with Crippen molar-refractivity contribution in [2.45, 2.75) is 44.7 Å². The molecule has 1 aliphatic heterocycles. The van der Waals surface area contributed by atoms with Gasteiger partial charge < -0.3 is 20.6 Å². The second-order valence-electron chi connectivity index (χ2n) is 6.23. The zero-order valence-electron chi connectivity index (χ0n) is 12.3. The molecule has 1 saturated heterocycles. The van der Waals surface area contributed by atoms with E-state index >= 15 is 0 Å². The van der Waals surface area contributed by atoms with Gasteiger partial charge in [-0.3, -0.25) is 4.79 Å². The fourth-order valence-electron chi connectivity index (χ4n) is 3.38. The molecule has 0 spiro atoms. The highest BCUT2D eigenvalue weighted by Gasteiger charge is 2.34. The smallest absolute Gasteiger partial charge is 0.315 e. The van der Waals surface area contributed by atoms with Crippen LogP contribution in [0.4, 0.5) is 4.79 Å². The molecule has 20 heavy (non-hydrogen) atoms. The van der Waals surface area contributed by atoms with Gasteiger partial charge in [0.15, 0.2) is 0 Å². The van der Waals surface area contributed by atoms with Crippen molar-refractivity contribution in [1.29, 1.82) is 0 Å². The summed E-state index contributed by atoms with van der Waals surface area (Å²) in [7, 11) is 2.09. The third kappa shape index (κ3) is 3.62. The van der Waals surface area contributed by atoms with Crippen LogP contribution in [0, 0.1) is 11.8 Å². The van der Waals surface area contributed by atoms with Crippen LogP contribution in [0.25, 0.3) is 0 Å². The predicted octanol–water partition coefficient (Wildman–Crippen LogP) is 0.879. The number of rotatable bonds is 3. The Kier molecular flexibility index (Phi) is 4.86. The van der Waals surface area contributed by atoms with E-state index in [0.717, 1.165) is 32.4 Å². The lowest BCUT2D eigenvalue weighted by atomic mass is 9.94. The highest BCUT2D eigenvalue weighted by molar-refractivity contribution is 5.77. The molecule has 0 aromatic rings. The summed E-state index contributed by atoms with van der Waals surface area (Å²) >= 11 is 0. The molecule has 0 aromatic carbocycles. The van der Waals surface area contributed by atoms with Crippen molar-refractivity contribution in [2.75, 3.05) is 20.1 Å². The van der Waals surface area contributed by atoms with Crippen molar-refractivity contribution in [1.82, 2.24) is 15.5 Å². The molecule has 6 heteroatoms. The zero-order valence-corrected chi connectivity index (χ0v) is 12.3. The fraction of sp³-hybridized carbons (Fsp3) is 0.857. The summed E-state index contributed by atoms with van der Waals surface area (Å²) in [6.07, 6.45) is 3.23. The minimum Gasteiger partial charge on any atom is -0.481 e. The average molecular weight is 283 g/mol. The van der Waals surface area contributed by atoms with Gasteiger partial charge in [-0.1, -0.05) is 13.3 Å². The molecular weight excluding hydrogens is 258 g/mol. The third-order valence-electron chi connectivity index (χ3n) is 4.57. The second kappa shape index (κ2) is 6.43. The number of amides is 2. The number of carboxylic acids is 1. The maximum Gasteiger partial charge on any atom is 0.315 e. The van der Waals surface area contributed by atoms with E-state index in [1.807, 2.05) is 0 Å². The normalized spacial score (nSPS) is 34.7. The topological polar surface area (TPSA) is 81.7 Å². The third-order valence-corrected chi connectivity index (χ3v) is 4.57. The van der Waals surface area contributed by atoms with Gasteiger partial charge in [0.2, 0.25) is 0 Å². The van der Waals surface area contributed by atoms with Gasteiger partial charge in [-0.25, -0.2) is 4.79 Å². The summed E-state index contributed by atoms with van der Waals surface area (Å²) in [4.78, 5) is 25.4. The van der Waals surface area contributed by atoms with Crippen LogP contribution in [0.5, 0.6) is 0 Å². The SMILES string of the molecule is CC1CN(C)CCC1NC(=O)NC1CCCC1C(=O)O. The first-order valence-corrected chi connectivity index (χ1v) is 7.45. The van der Waals surface area contributed by atoms with Crippen molar-refractivity contribution < 1.29 is 14.7 Å². The van der Waals surface area contributed by atoms with E-state index in [2.05, 4.69) is 29.5 Å². The number of nitrogens with one attached hydrogen (secondary N) is 2. The molecule has 0 bridgehead atoms. The number of carboxylic acid groups (broad SMARTS) is 1. The Morgan fingerprint density at radius 3 is 2.50 bits per heavy atom. The Morgan fingerprint density at radius 2 is 1.85 bits per heavy atom. The van der Waals surface area contributed by atoms with Crippen LogP contribution in [0.15, 0.2) is 0 Å². The summed E-state index contributed by atoms with van der Waals surface area (Å²) < 4.78 is 0. The molecule has 1 heterocycles. The second-order valence-corrected chi connectivity index (χ2v) is 6.23. The van der Waals surface area contributed by atoms with Crippen molar-refractivity contribution in [2.24, 2.45) is 11.8 Å². The number of carbonyl (C=O) groups excluding carboxylic acids is 1. The molecule has 2 rings (SSSR count). The number of carbonyl (C=O) groups is 2. The van der Waals surface area contributed by atoms with E-state index in [1.54, 1.807) is 0 Å². The Labute approximate surface area is 119 Å². The number of hydrogen-bond donors (Lipinski definition) is 3. The standard InChI is InChI=1S/C14H25N3O3/c1-9-8-17(2)7-6-11(9)15-14(20)16-12-5-3-4-10(12)13(18)19/h9-12H,3-8H2,1-2H3,(H,18,19)(H2,15,16,20). The predicted molar refractivity (Wildman–Crippen MR) is 75.5 cm³/mol. The lowest BCUT2D eigenvalue weighted by Gasteiger charge is -2.35. The molecule has 4 unspecified atom stereocenters. The van der Waals surface area contributed by atoms with Gasteiger partial charge in [0.25, 0.3) is 0 Å². The quantitative estimate of drug-likeness (QED) is 0.718. The summed E-state index contributed by atoms with van der Waals surface area (Å²) in [6, 6.07) is -0.269. The molecule has 0 aromatic heterocycles. The lowest BCUT2D eigenvalue weighted by Crippen LogP contribution is -2.53. The van der Waals surface area contributed by atoms with Crippen LogP contribution < -0.4 is 10.6 Å². The lowest BCUT2D eigenvalue weighted by molar-refractivity contribution is -0.142. The fourth-order valence-corrected chi connectivity index (χ4v) is 3.38. The van der Waals surface area contributed by atoms with Gasteiger partial charge >= 0.3 is 12.0 Å². The van der Waals surface area contributed by atoms with E-state index in [9.17, 15) is 9.59 Å². The van der Waals surface area contributed by atoms with Crippen molar-refractivity contribution >= 4 is 12.0 Å². The summed E-state index contributed by atoms with van der Waals surface area (Å²) in [5.41, 5.74) is 0. The molecule has 6 nitrogen and oxygen atoms in total. The van der Waals surface area contributed by atoms with Crippen molar-refractivity contribution in [3.8, 4) is 0 Å². The molecule has 3 N–H and O–H groups in total. The molecule has 2 fully saturated rings. The van der Waals surface area contributed by atoms with Crippen molar-refractivity contribution in [3.05, 3.63) is 0 Å². The number of urea groups is 1. The minimum atomic E-state index is -0.805. The minimum absolute atomic E-state index is 0.177. The van der Waals surface area contributed by atoms with Crippen molar-refractivity contribution in [3.63, 3.8) is 0 Å². The van der Waals surface area contributed by atoms with Crippen LogP contribution in [-0.2, 0) is 4.79 Å². The maximum atomic E-state index is 12.0. The van der Waals surface area contributed by atoms with Crippen LogP contribution >= 0.6 is 0 Å². The molecule has 2 aliphatic rings. The number of aliphatic carboxylic acids is 1. The van der Waals surface area contributed by atoms with Crippen LogP contribution in [-0.4, -0.2) is 54.2 Å². The van der Waals surface area contributed by atoms with Crippen LogP contribution in [0.2, 0.25) is 0 Å². The van der Waals surface area contributed by atoms with Gasteiger partial charge in [-0.05, 0) is 38.8 Å². The molecule has 0 radical (unpaired) electrons. The largest absolute Gasteiger partial charge is 0.481 e. The summed E-state index contributed by atoms with van der Waals surface area (Å²) in [6.45, 7) is 4.10. The number of likely N-dealkylation sites (tertiary alicyclic amines) is 1. The van der Waals surface area contributed by atoms with Gasteiger partial charge in [0, 0.05) is 18.6 Å². The van der Waals surface area contributed by atoms with E-state index in [4.69, 9.17) is 5.11 Å². The highest BCUT2D eigenvalue weighted by atomic mass is 16.4. The van der Waals surface area contributed by atoms with E-state index in [-0.39, 0.29) is 18.1 Å². The first-order chi connectivity index (χ1) is 9.47. The highest BCUT2D eigenvalue weighted by Crippen LogP contribution is 2.25. The van der Waals surface area contributed by atoms with E-state index < -0.39 is 11.9 Å². The Morgan fingerprint density at radius 1 is 1.15 bits per heavy atom. The number of piperidine rings is 1.